The summed E-state index contributed by atoms with van der Waals surface area (Å²) in [6.45, 7) is 12.1. The summed E-state index contributed by atoms with van der Waals surface area (Å²) < 4.78 is 2.04. The Balaban J connectivity index is 2.72. The normalized spacial score (nSPS) is 11.3. The molecule has 0 fully saturated rings. The lowest BCUT2D eigenvalue weighted by atomic mass is 10.0. The van der Waals surface area contributed by atoms with E-state index in [9.17, 15) is 0 Å². The van der Waals surface area contributed by atoms with Gasteiger partial charge in [0.15, 0.2) is 0 Å². The molecule has 124 valence electrons. The molecule has 0 spiro atoms. The van der Waals surface area contributed by atoms with Gasteiger partial charge in [-0.25, -0.2) is 4.99 Å². The lowest BCUT2D eigenvalue weighted by Gasteiger charge is -2.09. The highest BCUT2D eigenvalue weighted by Gasteiger charge is 2.22. The zero-order chi connectivity index (χ0) is 17.9. The molecule has 0 unspecified atom stereocenters. The van der Waals surface area contributed by atoms with E-state index in [0.29, 0.717) is 5.84 Å². The van der Waals surface area contributed by atoms with Crippen molar-refractivity contribution in [3.63, 3.8) is 0 Å². The minimum Gasteiger partial charge on any atom is -0.263 e. The van der Waals surface area contributed by atoms with Crippen molar-refractivity contribution >= 4 is 18.4 Å². The summed E-state index contributed by atoms with van der Waals surface area (Å²) in [7, 11) is 4.02. The van der Waals surface area contributed by atoms with Gasteiger partial charge in [0.2, 0.25) is 0 Å². The van der Waals surface area contributed by atoms with Gasteiger partial charge in [-0.05, 0) is 61.7 Å². The third-order valence-electron chi connectivity index (χ3n) is 4.19. The Morgan fingerprint density at radius 1 is 0.792 bits per heavy atom. The van der Waals surface area contributed by atoms with Crippen LogP contribution in [0.5, 0.6) is 0 Å². The standard InChI is InChI=1S/C21H26N3/c1-14-10-8-11-15(2)18(14)20(22-5)23-21(24(6)7)19-16(3)12-9-13-17(19)4/h8-13H,5H2,1-4,6-7H3/q+1. The summed E-state index contributed by atoms with van der Waals surface area (Å²) in [5.41, 5.74) is 6.91. The molecule has 0 saturated carbocycles. The van der Waals surface area contributed by atoms with Gasteiger partial charge in [-0.2, -0.15) is 0 Å². The van der Waals surface area contributed by atoms with E-state index in [1.165, 1.54) is 11.1 Å². The molecular formula is C21H26N3+. The zero-order valence-electron chi connectivity index (χ0n) is 15.5. The first-order chi connectivity index (χ1) is 11.4. The average Bonchev–Trinajstić information content (AvgIpc) is 2.51. The van der Waals surface area contributed by atoms with Crippen molar-refractivity contribution < 1.29 is 4.58 Å². The Morgan fingerprint density at radius 2 is 1.21 bits per heavy atom. The van der Waals surface area contributed by atoms with Crippen LogP contribution < -0.4 is 0 Å². The molecule has 0 amide bonds. The Morgan fingerprint density at radius 3 is 1.58 bits per heavy atom. The molecular weight excluding hydrogens is 294 g/mol. The van der Waals surface area contributed by atoms with E-state index >= 15 is 0 Å². The van der Waals surface area contributed by atoms with Gasteiger partial charge in [-0.3, -0.25) is 4.58 Å². The van der Waals surface area contributed by atoms with Gasteiger partial charge in [0.05, 0.1) is 25.2 Å². The maximum Gasteiger partial charge on any atom is 0.328 e. The molecule has 0 N–H and O–H groups in total. The number of hydrogen-bond donors (Lipinski definition) is 0. The first-order valence-electron chi connectivity index (χ1n) is 8.09. The second-order valence-corrected chi connectivity index (χ2v) is 6.35. The summed E-state index contributed by atoms with van der Waals surface area (Å²) >= 11 is 0. The van der Waals surface area contributed by atoms with Gasteiger partial charge in [-0.1, -0.05) is 36.4 Å². The smallest absolute Gasteiger partial charge is 0.263 e. The minimum absolute atomic E-state index is 0.664. The number of rotatable bonds is 2. The van der Waals surface area contributed by atoms with Gasteiger partial charge in [-0.15, -0.1) is 0 Å². The Bertz CT molecular complexity index is 798. The van der Waals surface area contributed by atoms with Gasteiger partial charge < -0.3 is 0 Å². The summed E-state index contributed by atoms with van der Waals surface area (Å²) in [4.78, 5) is 9.15. The summed E-state index contributed by atoms with van der Waals surface area (Å²) in [5, 5.41) is 0. The predicted molar refractivity (Wildman–Crippen MR) is 104 cm³/mol. The van der Waals surface area contributed by atoms with E-state index < -0.39 is 0 Å². The molecule has 0 atom stereocenters. The van der Waals surface area contributed by atoms with E-state index in [1.54, 1.807) is 0 Å². The van der Waals surface area contributed by atoms with E-state index in [4.69, 9.17) is 4.99 Å². The average molecular weight is 320 g/mol. The number of aryl methyl sites for hydroxylation is 4. The SMILES string of the molecule is C=N/C(=N\C(c1c(C)cccc1C)=[N+](C)C)c1c(C)cccc1C. The Kier molecular flexibility index (Phi) is 5.45. The molecule has 0 saturated heterocycles. The van der Waals surface area contributed by atoms with Crippen LogP contribution in [-0.2, 0) is 0 Å². The highest BCUT2D eigenvalue weighted by Crippen LogP contribution is 2.19. The minimum atomic E-state index is 0.664. The van der Waals surface area contributed by atoms with Crippen LogP contribution in [0, 0.1) is 27.7 Å². The summed E-state index contributed by atoms with van der Waals surface area (Å²) in [5.74, 6) is 1.56. The van der Waals surface area contributed by atoms with Crippen LogP contribution in [0.4, 0.5) is 0 Å². The van der Waals surface area contributed by atoms with Crippen LogP contribution >= 0.6 is 0 Å². The molecule has 0 bridgehead atoms. The van der Waals surface area contributed by atoms with Crippen molar-refractivity contribution in [1.82, 2.24) is 0 Å². The summed E-state index contributed by atoms with van der Waals surface area (Å²) in [6, 6.07) is 12.5. The van der Waals surface area contributed by atoms with Gasteiger partial charge in [0, 0.05) is 0 Å². The molecule has 0 aliphatic carbocycles. The molecule has 24 heavy (non-hydrogen) atoms. The molecule has 0 aliphatic rings. The Labute approximate surface area is 145 Å². The van der Waals surface area contributed by atoms with Crippen LogP contribution in [0.25, 0.3) is 0 Å². The lowest BCUT2D eigenvalue weighted by molar-refractivity contribution is -0.464. The van der Waals surface area contributed by atoms with Crippen LogP contribution in [-0.4, -0.2) is 37.1 Å². The fourth-order valence-corrected chi connectivity index (χ4v) is 2.98. The van der Waals surface area contributed by atoms with Crippen molar-refractivity contribution in [1.29, 1.82) is 0 Å². The molecule has 2 aromatic carbocycles. The van der Waals surface area contributed by atoms with Crippen molar-refractivity contribution in [2.45, 2.75) is 27.7 Å². The van der Waals surface area contributed by atoms with E-state index in [1.807, 2.05) is 18.7 Å². The third kappa shape index (κ3) is 3.51. The van der Waals surface area contributed by atoms with Gasteiger partial charge >= 0.3 is 5.84 Å². The fraction of sp³-hybridized carbons (Fsp3) is 0.286. The second kappa shape index (κ2) is 7.35. The molecule has 3 nitrogen and oxygen atoms in total. The monoisotopic (exact) mass is 320 g/mol. The number of benzene rings is 2. The van der Waals surface area contributed by atoms with Crippen molar-refractivity contribution in [2.24, 2.45) is 9.98 Å². The molecule has 0 aliphatic heterocycles. The maximum absolute atomic E-state index is 4.91. The third-order valence-corrected chi connectivity index (χ3v) is 4.19. The van der Waals surface area contributed by atoms with Gasteiger partial charge in [0.25, 0.3) is 5.84 Å². The molecule has 0 aromatic heterocycles. The number of nitrogens with zero attached hydrogens (tertiary/aromatic N) is 3. The number of amidine groups is 2. The van der Waals surface area contributed by atoms with Crippen molar-refractivity contribution in [3.05, 3.63) is 69.8 Å². The Hall–Kier alpha value is -2.55. The van der Waals surface area contributed by atoms with Crippen LogP contribution in [0.3, 0.4) is 0 Å². The van der Waals surface area contributed by atoms with Crippen LogP contribution in [0.15, 0.2) is 46.4 Å². The zero-order valence-corrected chi connectivity index (χ0v) is 15.5. The van der Waals surface area contributed by atoms with E-state index in [0.717, 1.165) is 28.1 Å². The fourth-order valence-electron chi connectivity index (χ4n) is 2.98. The topological polar surface area (TPSA) is 27.7 Å². The molecule has 2 aromatic rings. The summed E-state index contributed by atoms with van der Waals surface area (Å²) in [6.07, 6.45) is 0. The van der Waals surface area contributed by atoms with Crippen LogP contribution in [0.1, 0.15) is 33.4 Å². The number of hydrogen-bond acceptors (Lipinski definition) is 0. The van der Waals surface area contributed by atoms with E-state index in [2.05, 4.69) is 75.8 Å². The van der Waals surface area contributed by atoms with Crippen molar-refractivity contribution in [3.8, 4) is 0 Å². The van der Waals surface area contributed by atoms with Gasteiger partial charge in [0.1, 0.15) is 0 Å². The first-order valence-corrected chi connectivity index (χ1v) is 8.09. The molecule has 2 rings (SSSR count). The first kappa shape index (κ1) is 17.8. The predicted octanol–water partition coefficient (Wildman–Crippen LogP) is 4.09. The van der Waals surface area contributed by atoms with Crippen LogP contribution in [0.2, 0.25) is 0 Å². The number of aliphatic imine (C=N–C) groups is 2. The quantitative estimate of drug-likeness (QED) is 0.453. The largest absolute Gasteiger partial charge is 0.328 e. The lowest BCUT2D eigenvalue weighted by Crippen LogP contribution is -2.18. The molecule has 0 radical (unpaired) electrons. The second-order valence-electron chi connectivity index (χ2n) is 6.35. The van der Waals surface area contributed by atoms with Crippen molar-refractivity contribution in [2.75, 3.05) is 14.1 Å². The highest BCUT2D eigenvalue weighted by molar-refractivity contribution is 6.13. The molecule has 0 heterocycles. The maximum atomic E-state index is 4.91. The highest BCUT2D eigenvalue weighted by atomic mass is 15.1. The van der Waals surface area contributed by atoms with E-state index in [-0.39, 0.29) is 0 Å². The molecule has 3 heteroatoms.